The first-order valence-corrected chi connectivity index (χ1v) is 6.08. The highest BCUT2D eigenvalue weighted by atomic mass is 16.5. The van der Waals surface area contributed by atoms with Crippen LogP contribution in [-0.4, -0.2) is 25.6 Å². The second-order valence-corrected chi connectivity index (χ2v) is 4.19. The number of aryl methyl sites for hydroxylation is 2. The third-order valence-electron chi connectivity index (χ3n) is 2.54. The number of rotatable bonds is 5. The topological polar surface area (TPSA) is 64.6 Å². The second kappa shape index (κ2) is 6.78. The van der Waals surface area contributed by atoms with Gasteiger partial charge in [0.05, 0.1) is 19.4 Å². The Labute approximate surface area is 112 Å². The second-order valence-electron chi connectivity index (χ2n) is 4.19. The first-order valence-electron chi connectivity index (χ1n) is 6.08. The maximum atomic E-state index is 11.7. The summed E-state index contributed by atoms with van der Waals surface area (Å²) in [5.74, 6) is -0.373. The van der Waals surface area contributed by atoms with Gasteiger partial charge < -0.3 is 14.8 Å². The summed E-state index contributed by atoms with van der Waals surface area (Å²) in [6, 6.07) is 3.76. The number of amides is 1. The van der Waals surface area contributed by atoms with Crippen molar-refractivity contribution in [2.75, 3.05) is 19.0 Å². The van der Waals surface area contributed by atoms with Gasteiger partial charge in [-0.3, -0.25) is 9.59 Å². The molecule has 0 heterocycles. The molecule has 0 saturated heterocycles. The molecule has 0 atom stereocenters. The smallest absolute Gasteiger partial charge is 0.315 e. The SMILES string of the molecule is CCOC(=O)CC(=O)Nc1c(C)cc(C)cc1OC. The molecule has 0 aliphatic rings. The van der Waals surface area contributed by atoms with Crippen molar-refractivity contribution in [1.29, 1.82) is 0 Å². The number of nitrogens with one attached hydrogen (secondary N) is 1. The summed E-state index contributed by atoms with van der Waals surface area (Å²) in [7, 11) is 1.54. The molecular formula is C14H19NO4. The van der Waals surface area contributed by atoms with E-state index in [2.05, 4.69) is 5.32 Å². The Bertz CT molecular complexity index is 483. The predicted octanol–water partition coefficient (Wildman–Crippen LogP) is 2.20. The third kappa shape index (κ3) is 4.28. The van der Waals surface area contributed by atoms with Crippen LogP contribution >= 0.6 is 0 Å². The molecule has 5 nitrogen and oxygen atoms in total. The lowest BCUT2D eigenvalue weighted by atomic mass is 10.1. The molecule has 19 heavy (non-hydrogen) atoms. The summed E-state index contributed by atoms with van der Waals surface area (Å²) < 4.78 is 9.95. The van der Waals surface area contributed by atoms with E-state index in [0.29, 0.717) is 11.4 Å². The van der Waals surface area contributed by atoms with Crippen molar-refractivity contribution in [3.63, 3.8) is 0 Å². The molecule has 0 aromatic heterocycles. The van der Waals surface area contributed by atoms with Crippen LogP contribution in [-0.2, 0) is 14.3 Å². The fraction of sp³-hybridized carbons (Fsp3) is 0.429. The number of methoxy groups -OCH3 is 1. The normalized spacial score (nSPS) is 9.89. The van der Waals surface area contributed by atoms with E-state index >= 15 is 0 Å². The Morgan fingerprint density at radius 2 is 1.95 bits per heavy atom. The minimum atomic E-state index is -0.538. The van der Waals surface area contributed by atoms with Gasteiger partial charge in [-0.1, -0.05) is 6.07 Å². The minimum Gasteiger partial charge on any atom is -0.495 e. The van der Waals surface area contributed by atoms with Crippen molar-refractivity contribution in [2.45, 2.75) is 27.2 Å². The van der Waals surface area contributed by atoms with Gasteiger partial charge in [-0.15, -0.1) is 0 Å². The Morgan fingerprint density at radius 1 is 1.26 bits per heavy atom. The summed E-state index contributed by atoms with van der Waals surface area (Å²) in [5.41, 5.74) is 2.51. The average molecular weight is 265 g/mol. The lowest BCUT2D eigenvalue weighted by molar-refractivity contribution is -0.145. The molecule has 1 aromatic rings. The van der Waals surface area contributed by atoms with E-state index in [1.807, 2.05) is 26.0 Å². The molecule has 1 rings (SSSR count). The number of ether oxygens (including phenoxy) is 2. The van der Waals surface area contributed by atoms with Crippen molar-refractivity contribution in [1.82, 2.24) is 0 Å². The van der Waals surface area contributed by atoms with E-state index in [9.17, 15) is 9.59 Å². The van der Waals surface area contributed by atoms with Crippen LogP contribution < -0.4 is 10.1 Å². The Kier molecular flexibility index (Phi) is 5.36. The predicted molar refractivity (Wildman–Crippen MR) is 72.3 cm³/mol. The van der Waals surface area contributed by atoms with E-state index in [4.69, 9.17) is 9.47 Å². The zero-order valence-corrected chi connectivity index (χ0v) is 11.7. The summed E-state index contributed by atoms with van der Waals surface area (Å²) >= 11 is 0. The molecule has 0 radical (unpaired) electrons. The number of carbonyl (C=O) groups is 2. The van der Waals surface area contributed by atoms with Crippen LogP contribution in [0.4, 0.5) is 5.69 Å². The summed E-state index contributed by atoms with van der Waals surface area (Å²) in [6.45, 7) is 5.77. The fourth-order valence-electron chi connectivity index (χ4n) is 1.78. The molecule has 0 aliphatic carbocycles. The number of esters is 1. The Morgan fingerprint density at radius 3 is 2.53 bits per heavy atom. The maximum Gasteiger partial charge on any atom is 0.315 e. The van der Waals surface area contributed by atoms with Gasteiger partial charge in [0.1, 0.15) is 12.2 Å². The van der Waals surface area contributed by atoms with Crippen molar-refractivity contribution in [2.24, 2.45) is 0 Å². The highest BCUT2D eigenvalue weighted by molar-refractivity contribution is 6.03. The van der Waals surface area contributed by atoms with Gasteiger partial charge in [0, 0.05) is 0 Å². The first kappa shape index (κ1) is 15.0. The van der Waals surface area contributed by atoms with Crippen LogP contribution in [0.1, 0.15) is 24.5 Å². The molecule has 104 valence electrons. The first-order chi connectivity index (χ1) is 8.97. The summed E-state index contributed by atoms with van der Waals surface area (Å²) in [5, 5.41) is 2.68. The molecule has 0 spiro atoms. The highest BCUT2D eigenvalue weighted by Crippen LogP contribution is 2.29. The standard InChI is InChI=1S/C14H19NO4/c1-5-19-13(17)8-12(16)15-14-10(3)6-9(2)7-11(14)18-4/h6-7H,5,8H2,1-4H3,(H,15,16). The maximum absolute atomic E-state index is 11.7. The summed E-state index contributed by atoms with van der Waals surface area (Å²) in [6.07, 6.45) is -0.301. The van der Waals surface area contributed by atoms with Crippen LogP contribution in [0.25, 0.3) is 0 Å². The zero-order valence-electron chi connectivity index (χ0n) is 11.7. The van der Waals surface area contributed by atoms with Crippen LogP contribution in [0, 0.1) is 13.8 Å². The largest absolute Gasteiger partial charge is 0.495 e. The minimum absolute atomic E-state index is 0.263. The molecule has 1 N–H and O–H groups in total. The van der Waals surface area contributed by atoms with E-state index in [1.165, 1.54) is 7.11 Å². The number of hydrogen-bond acceptors (Lipinski definition) is 4. The molecule has 0 unspecified atom stereocenters. The molecule has 1 aromatic carbocycles. The number of benzene rings is 1. The van der Waals surface area contributed by atoms with Crippen molar-refractivity contribution < 1.29 is 19.1 Å². The van der Waals surface area contributed by atoms with Crippen LogP contribution in [0.2, 0.25) is 0 Å². The van der Waals surface area contributed by atoms with Crippen molar-refractivity contribution in [3.05, 3.63) is 23.3 Å². The van der Waals surface area contributed by atoms with Gasteiger partial charge >= 0.3 is 5.97 Å². The lowest BCUT2D eigenvalue weighted by Gasteiger charge is -2.13. The molecule has 0 aliphatic heterocycles. The molecular weight excluding hydrogens is 246 g/mol. The van der Waals surface area contributed by atoms with Crippen molar-refractivity contribution in [3.8, 4) is 5.75 Å². The van der Waals surface area contributed by atoms with Crippen LogP contribution in [0.3, 0.4) is 0 Å². The Balaban J connectivity index is 2.82. The third-order valence-corrected chi connectivity index (χ3v) is 2.54. The van der Waals surface area contributed by atoms with E-state index in [-0.39, 0.29) is 13.0 Å². The Hall–Kier alpha value is -2.04. The van der Waals surface area contributed by atoms with E-state index in [0.717, 1.165) is 11.1 Å². The van der Waals surface area contributed by atoms with Gasteiger partial charge in [-0.25, -0.2) is 0 Å². The van der Waals surface area contributed by atoms with Crippen molar-refractivity contribution >= 4 is 17.6 Å². The van der Waals surface area contributed by atoms with Crippen LogP contribution in [0.5, 0.6) is 5.75 Å². The van der Waals surface area contributed by atoms with Gasteiger partial charge in [0.25, 0.3) is 0 Å². The molecule has 0 fully saturated rings. The monoisotopic (exact) mass is 265 g/mol. The van der Waals surface area contributed by atoms with Gasteiger partial charge in [-0.2, -0.15) is 0 Å². The number of hydrogen-bond donors (Lipinski definition) is 1. The fourth-order valence-corrected chi connectivity index (χ4v) is 1.78. The van der Waals surface area contributed by atoms with E-state index in [1.54, 1.807) is 6.92 Å². The van der Waals surface area contributed by atoms with Gasteiger partial charge in [0.2, 0.25) is 5.91 Å². The van der Waals surface area contributed by atoms with Gasteiger partial charge in [0.15, 0.2) is 0 Å². The molecule has 0 bridgehead atoms. The lowest BCUT2D eigenvalue weighted by Crippen LogP contribution is -2.19. The molecule has 1 amide bonds. The summed E-state index contributed by atoms with van der Waals surface area (Å²) in [4.78, 5) is 23.0. The zero-order chi connectivity index (χ0) is 14.4. The quantitative estimate of drug-likeness (QED) is 0.655. The number of anilines is 1. The molecule has 0 saturated carbocycles. The van der Waals surface area contributed by atoms with Gasteiger partial charge in [-0.05, 0) is 38.0 Å². The average Bonchev–Trinajstić information content (AvgIpc) is 2.32. The number of carbonyl (C=O) groups excluding carboxylic acids is 2. The highest BCUT2D eigenvalue weighted by Gasteiger charge is 2.14. The van der Waals surface area contributed by atoms with Crippen LogP contribution in [0.15, 0.2) is 12.1 Å². The van der Waals surface area contributed by atoms with E-state index < -0.39 is 11.9 Å². The molecule has 5 heteroatoms.